The van der Waals surface area contributed by atoms with Crippen LogP contribution in [0, 0.1) is 11.3 Å². The van der Waals surface area contributed by atoms with Crippen LogP contribution >= 0.6 is 11.8 Å². The first-order valence-electron chi connectivity index (χ1n) is 3.90. The lowest BCUT2D eigenvalue weighted by molar-refractivity contribution is 0.490. The predicted molar refractivity (Wildman–Crippen MR) is 49.9 cm³/mol. The van der Waals surface area contributed by atoms with Crippen LogP contribution in [0.2, 0.25) is 0 Å². The van der Waals surface area contributed by atoms with E-state index in [-0.39, 0.29) is 0 Å². The fourth-order valence-electron chi connectivity index (χ4n) is 1.17. The lowest BCUT2D eigenvalue weighted by Gasteiger charge is -2.17. The van der Waals surface area contributed by atoms with Crippen molar-refractivity contribution >= 4 is 17.3 Å². The van der Waals surface area contributed by atoms with Gasteiger partial charge in [-0.2, -0.15) is 0 Å². The fraction of sp³-hybridized carbons (Fsp3) is 0.875. The van der Waals surface area contributed by atoms with Crippen molar-refractivity contribution < 1.29 is 0 Å². The molecule has 0 saturated heterocycles. The number of thioether (sulfide) groups is 1. The van der Waals surface area contributed by atoms with Gasteiger partial charge in [0.1, 0.15) is 0 Å². The number of rotatable bonds is 5. The number of nitrogens with one attached hydrogen (secondary N) is 1. The topological polar surface area (TPSA) is 23.9 Å². The second kappa shape index (κ2) is 5.78. The van der Waals surface area contributed by atoms with Gasteiger partial charge in [-0.3, -0.25) is 0 Å². The SMILES string of the molecule is CCC(CC)[C@@H](C)SC=N. The maximum absolute atomic E-state index is 6.91. The summed E-state index contributed by atoms with van der Waals surface area (Å²) >= 11 is 1.63. The van der Waals surface area contributed by atoms with Crippen molar-refractivity contribution in [2.45, 2.75) is 38.9 Å². The smallest absolute Gasteiger partial charge is 0.0509 e. The molecule has 0 aliphatic heterocycles. The highest BCUT2D eigenvalue weighted by Crippen LogP contribution is 2.22. The highest BCUT2D eigenvalue weighted by atomic mass is 32.2. The van der Waals surface area contributed by atoms with Crippen LogP contribution in [0.4, 0.5) is 0 Å². The standard InChI is InChI=1S/C8H17NS/c1-4-8(5-2)7(3)10-6-9/h6-9H,4-5H2,1-3H3/t7-/m1/s1. The molecule has 0 aromatic rings. The minimum absolute atomic E-state index is 0.618. The molecule has 0 saturated carbocycles. The molecule has 0 aromatic carbocycles. The third kappa shape index (κ3) is 3.25. The number of hydrogen-bond acceptors (Lipinski definition) is 2. The first-order valence-corrected chi connectivity index (χ1v) is 4.84. The third-order valence-electron chi connectivity index (χ3n) is 2.00. The molecule has 0 fully saturated rings. The van der Waals surface area contributed by atoms with Crippen LogP contribution in [0.1, 0.15) is 33.6 Å². The van der Waals surface area contributed by atoms with Crippen molar-refractivity contribution in [3.05, 3.63) is 0 Å². The lowest BCUT2D eigenvalue weighted by atomic mass is 10.0. The first-order chi connectivity index (χ1) is 4.76. The van der Waals surface area contributed by atoms with Gasteiger partial charge in [0.2, 0.25) is 0 Å². The van der Waals surface area contributed by atoms with Gasteiger partial charge in [0.15, 0.2) is 0 Å². The highest BCUT2D eigenvalue weighted by Gasteiger charge is 2.11. The molecule has 0 unspecified atom stereocenters. The molecule has 0 bridgehead atoms. The Balaban J connectivity index is 3.63. The van der Waals surface area contributed by atoms with E-state index < -0.39 is 0 Å². The van der Waals surface area contributed by atoms with Gasteiger partial charge in [-0.25, -0.2) is 0 Å². The van der Waals surface area contributed by atoms with Gasteiger partial charge in [-0.05, 0) is 5.92 Å². The average molecular weight is 159 g/mol. The minimum atomic E-state index is 0.618. The van der Waals surface area contributed by atoms with Gasteiger partial charge in [-0.15, -0.1) is 11.8 Å². The summed E-state index contributed by atoms with van der Waals surface area (Å²) in [6.07, 6.45) is 2.47. The van der Waals surface area contributed by atoms with E-state index in [1.54, 1.807) is 11.8 Å². The molecule has 0 spiro atoms. The van der Waals surface area contributed by atoms with E-state index >= 15 is 0 Å². The van der Waals surface area contributed by atoms with Crippen molar-refractivity contribution in [2.24, 2.45) is 5.92 Å². The Labute approximate surface area is 68.1 Å². The second-order valence-electron chi connectivity index (χ2n) is 2.54. The summed E-state index contributed by atoms with van der Waals surface area (Å²) in [6.45, 7) is 6.64. The monoisotopic (exact) mass is 159 g/mol. The molecule has 1 N–H and O–H groups in total. The van der Waals surface area contributed by atoms with Gasteiger partial charge >= 0.3 is 0 Å². The molecular formula is C8H17NS. The van der Waals surface area contributed by atoms with Crippen molar-refractivity contribution in [3.63, 3.8) is 0 Å². The van der Waals surface area contributed by atoms with Crippen molar-refractivity contribution in [1.82, 2.24) is 0 Å². The maximum atomic E-state index is 6.91. The average Bonchev–Trinajstić information content (AvgIpc) is 1.91. The second-order valence-corrected chi connectivity index (χ2v) is 3.79. The van der Waals surface area contributed by atoms with Gasteiger partial charge in [0.25, 0.3) is 0 Å². The summed E-state index contributed by atoms with van der Waals surface area (Å²) in [7, 11) is 0. The van der Waals surface area contributed by atoms with E-state index in [9.17, 15) is 0 Å². The van der Waals surface area contributed by atoms with E-state index in [1.807, 2.05) is 0 Å². The van der Waals surface area contributed by atoms with E-state index in [1.165, 1.54) is 18.4 Å². The number of hydrogen-bond donors (Lipinski definition) is 1. The molecular weight excluding hydrogens is 142 g/mol. The zero-order valence-corrected chi connectivity index (χ0v) is 7.87. The Morgan fingerprint density at radius 2 is 1.90 bits per heavy atom. The zero-order valence-electron chi connectivity index (χ0n) is 7.05. The molecule has 60 valence electrons. The summed E-state index contributed by atoms with van der Waals surface area (Å²) in [5.41, 5.74) is 1.45. The molecule has 0 aliphatic carbocycles. The summed E-state index contributed by atoms with van der Waals surface area (Å²) < 4.78 is 0. The molecule has 10 heavy (non-hydrogen) atoms. The predicted octanol–water partition coefficient (Wildman–Crippen LogP) is 3.15. The molecule has 1 nitrogen and oxygen atoms in total. The summed E-state index contributed by atoms with van der Waals surface area (Å²) in [6, 6.07) is 0. The van der Waals surface area contributed by atoms with Gasteiger partial charge in [0.05, 0.1) is 5.55 Å². The van der Waals surface area contributed by atoms with Gasteiger partial charge in [0, 0.05) is 5.25 Å². The molecule has 0 aromatic heterocycles. The summed E-state index contributed by atoms with van der Waals surface area (Å²) in [4.78, 5) is 0. The van der Waals surface area contributed by atoms with Crippen molar-refractivity contribution in [2.75, 3.05) is 0 Å². The van der Waals surface area contributed by atoms with Crippen molar-refractivity contribution in [1.29, 1.82) is 5.41 Å². The van der Waals surface area contributed by atoms with Crippen LogP contribution in [-0.2, 0) is 0 Å². The molecule has 1 atom stereocenters. The van der Waals surface area contributed by atoms with Crippen molar-refractivity contribution in [3.8, 4) is 0 Å². The fourth-order valence-corrected chi connectivity index (χ4v) is 1.99. The van der Waals surface area contributed by atoms with E-state index in [4.69, 9.17) is 5.41 Å². The molecule has 2 heteroatoms. The Bertz CT molecular complexity index is 89.3. The Kier molecular flexibility index (Phi) is 5.79. The zero-order chi connectivity index (χ0) is 7.98. The molecule has 0 radical (unpaired) electrons. The normalized spacial score (nSPS) is 13.6. The molecule has 0 aliphatic rings. The van der Waals surface area contributed by atoms with E-state index in [2.05, 4.69) is 20.8 Å². The largest absolute Gasteiger partial charge is 0.302 e. The van der Waals surface area contributed by atoms with Crippen LogP contribution in [0.3, 0.4) is 0 Å². The summed E-state index contributed by atoms with van der Waals surface area (Å²) in [5, 5.41) is 7.53. The Morgan fingerprint density at radius 3 is 2.20 bits per heavy atom. The summed E-state index contributed by atoms with van der Waals surface area (Å²) in [5.74, 6) is 0.784. The Morgan fingerprint density at radius 1 is 1.40 bits per heavy atom. The third-order valence-corrected chi connectivity index (χ3v) is 2.95. The van der Waals surface area contributed by atoms with Crippen LogP contribution in [0.15, 0.2) is 0 Å². The highest BCUT2D eigenvalue weighted by molar-refractivity contribution is 8.12. The van der Waals surface area contributed by atoms with Gasteiger partial charge < -0.3 is 5.41 Å². The molecule has 0 heterocycles. The molecule has 0 amide bonds. The Hall–Kier alpha value is 0.0200. The van der Waals surface area contributed by atoms with E-state index in [0.29, 0.717) is 5.25 Å². The van der Waals surface area contributed by atoms with Gasteiger partial charge in [-0.1, -0.05) is 33.6 Å². The van der Waals surface area contributed by atoms with Crippen LogP contribution < -0.4 is 0 Å². The van der Waals surface area contributed by atoms with E-state index in [0.717, 1.165) is 5.92 Å². The van der Waals surface area contributed by atoms with Crippen LogP contribution in [-0.4, -0.2) is 10.8 Å². The minimum Gasteiger partial charge on any atom is -0.302 e. The quantitative estimate of drug-likeness (QED) is 0.483. The van der Waals surface area contributed by atoms with Crippen LogP contribution in [0.25, 0.3) is 0 Å². The lowest BCUT2D eigenvalue weighted by Crippen LogP contribution is -2.11. The first kappa shape index (κ1) is 10.0. The maximum Gasteiger partial charge on any atom is 0.0509 e. The molecule has 0 rings (SSSR count). The van der Waals surface area contributed by atoms with Crippen LogP contribution in [0.5, 0.6) is 0 Å².